The predicted molar refractivity (Wildman–Crippen MR) is 85.0 cm³/mol. The summed E-state index contributed by atoms with van der Waals surface area (Å²) >= 11 is 0. The summed E-state index contributed by atoms with van der Waals surface area (Å²) < 4.78 is 10.6. The third-order valence-electron chi connectivity index (χ3n) is 3.51. The van der Waals surface area contributed by atoms with Crippen molar-refractivity contribution >= 4 is 5.91 Å². The molecule has 1 aromatic carbocycles. The van der Waals surface area contributed by atoms with E-state index >= 15 is 0 Å². The summed E-state index contributed by atoms with van der Waals surface area (Å²) in [5.41, 5.74) is 2.10. The van der Waals surface area contributed by atoms with Crippen LogP contribution in [0.15, 0.2) is 42.7 Å². The van der Waals surface area contributed by atoms with E-state index in [4.69, 9.17) is 9.47 Å². The highest BCUT2D eigenvalue weighted by Crippen LogP contribution is 2.32. The predicted octanol–water partition coefficient (Wildman–Crippen LogP) is 1.61. The van der Waals surface area contributed by atoms with Gasteiger partial charge < -0.3 is 20.1 Å². The second-order valence-electron chi connectivity index (χ2n) is 5.25. The lowest BCUT2D eigenvalue weighted by atomic mass is 10.2. The van der Waals surface area contributed by atoms with Crippen LogP contribution in [-0.2, 0) is 17.9 Å². The second-order valence-corrected chi connectivity index (χ2v) is 5.25. The van der Waals surface area contributed by atoms with E-state index < -0.39 is 0 Å². The molecule has 0 aliphatic carbocycles. The van der Waals surface area contributed by atoms with Crippen LogP contribution in [0, 0.1) is 0 Å². The smallest absolute Gasteiger partial charge is 0.231 e. The maximum Gasteiger partial charge on any atom is 0.231 e. The van der Waals surface area contributed by atoms with Gasteiger partial charge in [-0.05, 0) is 29.3 Å². The minimum atomic E-state index is 0.0204. The number of nitrogens with zero attached hydrogens (tertiary/aromatic N) is 1. The lowest BCUT2D eigenvalue weighted by Gasteiger charge is -2.07. The summed E-state index contributed by atoms with van der Waals surface area (Å²) in [5.74, 6) is 1.58. The summed E-state index contributed by atoms with van der Waals surface area (Å²) in [6.07, 6.45) is 3.90. The molecule has 0 saturated carbocycles. The summed E-state index contributed by atoms with van der Waals surface area (Å²) in [7, 11) is 0. The molecule has 0 bridgehead atoms. The van der Waals surface area contributed by atoms with Gasteiger partial charge in [0, 0.05) is 38.4 Å². The Morgan fingerprint density at radius 3 is 2.91 bits per heavy atom. The number of hydrogen-bond acceptors (Lipinski definition) is 5. The van der Waals surface area contributed by atoms with Crippen LogP contribution in [0.1, 0.15) is 17.5 Å². The van der Waals surface area contributed by atoms with Crippen LogP contribution in [0.4, 0.5) is 0 Å². The number of pyridine rings is 1. The molecule has 6 nitrogen and oxygen atoms in total. The molecule has 0 spiro atoms. The molecule has 1 aromatic heterocycles. The Morgan fingerprint density at radius 2 is 2.04 bits per heavy atom. The Bertz CT molecular complexity index is 661. The molecule has 23 heavy (non-hydrogen) atoms. The van der Waals surface area contributed by atoms with E-state index in [2.05, 4.69) is 15.6 Å². The van der Waals surface area contributed by atoms with Crippen molar-refractivity contribution in [2.24, 2.45) is 0 Å². The van der Waals surface area contributed by atoms with E-state index in [1.54, 1.807) is 12.4 Å². The van der Waals surface area contributed by atoms with E-state index in [1.165, 1.54) is 0 Å². The Labute approximate surface area is 134 Å². The number of amides is 1. The third kappa shape index (κ3) is 4.43. The first-order valence-corrected chi connectivity index (χ1v) is 7.56. The summed E-state index contributed by atoms with van der Waals surface area (Å²) in [6.45, 7) is 2.10. The molecule has 3 rings (SSSR count). The molecule has 1 aliphatic rings. The standard InChI is InChI=1S/C17H19N3O3/c21-17(20-11-14-2-1-6-18-10-14)5-7-19-9-13-3-4-15-16(8-13)23-12-22-15/h1-4,6,8,10,19H,5,7,9,11-12H2,(H,20,21). The number of nitrogens with one attached hydrogen (secondary N) is 2. The Hall–Kier alpha value is -2.60. The molecule has 6 heteroatoms. The van der Waals surface area contributed by atoms with Crippen molar-refractivity contribution in [3.63, 3.8) is 0 Å². The van der Waals surface area contributed by atoms with Crippen molar-refractivity contribution in [2.75, 3.05) is 13.3 Å². The molecular weight excluding hydrogens is 294 g/mol. The minimum Gasteiger partial charge on any atom is -0.454 e. The molecular formula is C17H19N3O3. The van der Waals surface area contributed by atoms with Crippen LogP contribution in [0.5, 0.6) is 11.5 Å². The molecule has 1 amide bonds. The normalized spacial score (nSPS) is 12.2. The molecule has 2 N–H and O–H groups in total. The zero-order chi connectivity index (χ0) is 15.9. The first kappa shape index (κ1) is 15.3. The minimum absolute atomic E-state index is 0.0204. The van der Waals surface area contributed by atoms with Crippen molar-refractivity contribution in [2.45, 2.75) is 19.5 Å². The van der Waals surface area contributed by atoms with Gasteiger partial charge in [0.1, 0.15) is 0 Å². The number of fused-ring (bicyclic) bond motifs is 1. The van der Waals surface area contributed by atoms with Gasteiger partial charge in [0.2, 0.25) is 12.7 Å². The molecule has 0 atom stereocenters. The third-order valence-corrected chi connectivity index (χ3v) is 3.51. The lowest BCUT2D eigenvalue weighted by molar-refractivity contribution is -0.121. The molecule has 1 aliphatic heterocycles. The molecule has 0 saturated heterocycles. The van der Waals surface area contributed by atoms with Gasteiger partial charge in [-0.2, -0.15) is 0 Å². The first-order chi connectivity index (χ1) is 11.3. The van der Waals surface area contributed by atoms with Crippen LogP contribution in [0.2, 0.25) is 0 Å². The molecule has 0 unspecified atom stereocenters. The average Bonchev–Trinajstić information content (AvgIpc) is 3.05. The van der Waals surface area contributed by atoms with Gasteiger partial charge in [-0.3, -0.25) is 9.78 Å². The maximum absolute atomic E-state index is 11.8. The first-order valence-electron chi connectivity index (χ1n) is 7.56. The summed E-state index contributed by atoms with van der Waals surface area (Å²) in [4.78, 5) is 15.8. The summed E-state index contributed by atoms with van der Waals surface area (Å²) in [6, 6.07) is 9.64. The number of ether oxygens (including phenoxy) is 2. The van der Waals surface area contributed by atoms with Crippen molar-refractivity contribution in [1.82, 2.24) is 15.6 Å². The van der Waals surface area contributed by atoms with Crippen LogP contribution < -0.4 is 20.1 Å². The highest BCUT2D eigenvalue weighted by atomic mass is 16.7. The topological polar surface area (TPSA) is 72.5 Å². The lowest BCUT2D eigenvalue weighted by Crippen LogP contribution is -2.27. The molecule has 120 valence electrons. The van der Waals surface area contributed by atoms with Gasteiger partial charge >= 0.3 is 0 Å². The second kappa shape index (κ2) is 7.60. The molecule has 2 heterocycles. The zero-order valence-electron chi connectivity index (χ0n) is 12.7. The van der Waals surface area contributed by atoms with Gasteiger partial charge in [-0.1, -0.05) is 12.1 Å². The fraction of sp³-hybridized carbons (Fsp3) is 0.294. The molecule has 0 radical (unpaired) electrons. The zero-order valence-corrected chi connectivity index (χ0v) is 12.7. The SMILES string of the molecule is O=C(CCNCc1ccc2c(c1)OCO2)NCc1cccnc1. The van der Waals surface area contributed by atoms with E-state index in [-0.39, 0.29) is 12.7 Å². The quantitative estimate of drug-likeness (QED) is 0.760. The van der Waals surface area contributed by atoms with Gasteiger partial charge in [-0.25, -0.2) is 0 Å². The molecule has 0 fully saturated rings. The monoisotopic (exact) mass is 313 g/mol. The number of benzene rings is 1. The van der Waals surface area contributed by atoms with Crippen molar-refractivity contribution in [1.29, 1.82) is 0 Å². The van der Waals surface area contributed by atoms with Crippen LogP contribution in [0.25, 0.3) is 0 Å². The number of carbonyl (C=O) groups excluding carboxylic acids is 1. The number of rotatable bonds is 7. The van der Waals surface area contributed by atoms with Crippen LogP contribution in [-0.4, -0.2) is 24.2 Å². The summed E-state index contributed by atoms with van der Waals surface area (Å²) in [5, 5.41) is 6.13. The Kier molecular flexibility index (Phi) is 5.06. The Morgan fingerprint density at radius 1 is 1.13 bits per heavy atom. The number of carbonyl (C=O) groups is 1. The number of aromatic nitrogens is 1. The fourth-order valence-electron chi connectivity index (χ4n) is 2.28. The van der Waals surface area contributed by atoms with E-state index in [9.17, 15) is 4.79 Å². The van der Waals surface area contributed by atoms with Crippen molar-refractivity contribution in [3.05, 3.63) is 53.9 Å². The maximum atomic E-state index is 11.8. The van der Waals surface area contributed by atoms with E-state index in [0.29, 0.717) is 26.1 Å². The van der Waals surface area contributed by atoms with Gasteiger partial charge in [0.15, 0.2) is 11.5 Å². The van der Waals surface area contributed by atoms with Gasteiger partial charge in [0.25, 0.3) is 0 Å². The average molecular weight is 313 g/mol. The van der Waals surface area contributed by atoms with E-state index in [0.717, 1.165) is 22.6 Å². The fourth-order valence-corrected chi connectivity index (χ4v) is 2.28. The van der Waals surface area contributed by atoms with Gasteiger partial charge in [-0.15, -0.1) is 0 Å². The highest BCUT2D eigenvalue weighted by molar-refractivity contribution is 5.76. The Balaban J connectivity index is 1.34. The van der Waals surface area contributed by atoms with E-state index in [1.807, 2.05) is 30.3 Å². The van der Waals surface area contributed by atoms with Gasteiger partial charge in [0.05, 0.1) is 0 Å². The largest absolute Gasteiger partial charge is 0.454 e. The van der Waals surface area contributed by atoms with Crippen LogP contribution >= 0.6 is 0 Å². The highest BCUT2D eigenvalue weighted by Gasteiger charge is 2.12. The van der Waals surface area contributed by atoms with Crippen molar-refractivity contribution in [3.8, 4) is 11.5 Å². The van der Waals surface area contributed by atoms with Crippen molar-refractivity contribution < 1.29 is 14.3 Å². The molecule has 2 aromatic rings. The van der Waals surface area contributed by atoms with Crippen LogP contribution in [0.3, 0.4) is 0 Å². The number of hydrogen-bond donors (Lipinski definition) is 2.